The minimum atomic E-state index is -1.93. The van der Waals surface area contributed by atoms with Crippen molar-refractivity contribution in [2.45, 2.75) is 76.6 Å². The van der Waals surface area contributed by atoms with E-state index in [0.717, 1.165) is 25.0 Å². The molecule has 0 radical (unpaired) electrons. The van der Waals surface area contributed by atoms with Crippen LogP contribution in [0, 0.1) is 0 Å². The Kier molecular flexibility index (Phi) is 5.00. The summed E-state index contributed by atoms with van der Waals surface area (Å²) in [5.41, 5.74) is 1.23. The molecule has 136 valence electrons. The SMILES string of the molecule is CC(C)(C)[Si](C)(C)Oc1ccc2ccccc2c1[C@H]1CCCC[C@H]1O. The fraction of sp³-hybridized carbons (Fsp3) is 0.545. The summed E-state index contributed by atoms with van der Waals surface area (Å²) in [6.45, 7) is 11.4. The van der Waals surface area contributed by atoms with E-state index in [9.17, 15) is 5.11 Å². The van der Waals surface area contributed by atoms with Gasteiger partial charge in [-0.25, -0.2) is 0 Å². The first-order chi connectivity index (χ1) is 11.7. The predicted octanol–water partition coefficient (Wildman–Crippen LogP) is 6.24. The van der Waals surface area contributed by atoms with E-state index in [1.54, 1.807) is 0 Å². The number of rotatable bonds is 3. The van der Waals surface area contributed by atoms with Crippen LogP contribution in [0.4, 0.5) is 0 Å². The van der Waals surface area contributed by atoms with Crippen molar-refractivity contribution in [3.8, 4) is 5.75 Å². The monoisotopic (exact) mass is 356 g/mol. The lowest BCUT2D eigenvalue weighted by Gasteiger charge is -2.38. The van der Waals surface area contributed by atoms with Gasteiger partial charge in [0.2, 0.25) is 8.32 Å². The highest BCUT2D eigenvalue weighted by atomic mass is 28.4. The van der Waals surface area contributed by atoms with Crippen LogP contribution in [-0.4, -0.2) is 19.5 Å². The summed E-state index contributed by atoms with van der Waals surface area (Å²) < 4.78 is 6.73. The van der Waals surface area contributed by atoms with Crippen LogP contribution >= 0.6 is 0 Å². The van der Waals surface area contributed by atoms with Gasteiger partial charge in [0, 0.05) is 11.5 Å². The van der Waals surface area contributed by atoms with Crippen molar-refractivity contribution >= 4 is 19.1 Å². The van der Waals surface area contributed by atoms with Gasteiger partial charge in [-0.2, -0.15) is 0 Å². The molecule has 0 aromatic heterocycles. The smallest absolute Gasteiger partial charge is 0.250 e. The summed E-state index contributed by atoms with van der Waals surface area (Å²) in [6.07, 6.45) is 3.99. The van der Waals surface area contributed by atoms with Gasteiger partial charge in [-0.1, -0.05) is 63.9 Å². The fourth-order valence-corrected chi connectivity index (χ4v) is 4.66. The van der Waals surface area contributed by atoms with Gasteiger partial charge in [0.25, 0.3) is 0 Å². The maximum absolute atomic E-state index is 10.7. The van der Waals surface area contributed by atoms with E-state index in [0.29, 0.717) is 0 Å². The molecule has 0 unspecified atom stereocenters. The summed E-state index contributed by atoms with van der Waals surface area (Å²) in [5.74, 6) is 1.18. The Morgan fingerprint density at radius 2 is 1.68 bits per heavy atom. The molecule has 0 spiro atoms. The molecule has 0 saturated heterocycles. The highest BCUT2D eigenvalue weighted by Crippen LogP contribution is 2.45. The first kappa shape index (κ1) is 18.5. The second-order valence-electron chi connectivity index (χ2n) is 9.02. The van der Waals surface area contributed by atoms with Gasteiger partial charge in [0.05, 0.1) is 6.10 Å². The Balaban J connectivity index is 2.13. The molecular weight excluding hydrogens is 324 g/mol. The summed E-state index contributed by atoms with van der Waals surface area (Å²) in [5, 5.41) is 13.3. The fourth-order valence-electron chi connectivity index (χ4n) is 3.62. The lowest BCUT2D eigenvalue weighted by molar-refractivity contribution is 0.106. The van der Waals surface area contributed by atoms with Crippen molar-refractivity contribution in [1.29, 1.82) is 0 Å². The molecule has 2 aromatic rings. The van der Waals surface area contributed by atoms with E-state index in [2.05, 4.69) is 70.3 Å². The van der Waals surface area contributed by atoms with Crippen molar-refractivity contribution in [3.05, 3.63) is 42.0 Å². The minimum absolute atomic E-state index is 0.154. The highest BCUT2D eigenvalue weighted by Gasteiger charge is 2.40. The van der Waals surface area contributed by atoms with Gasteiger partial charge < -0.3 is 9.53 Å². The molecule has 0 aliphatic heterocycles. The van der Waals surface area contributed by atoms with E-state index in [-0.39, 0.29) is 17.1 Å². The Morgan fingerprint density at radius 1 is 1.00 bits per heavy atom. The van der Waals surface area contributed by atoms with Crippen molar-refractivity contribution < 1.29 is 9.53 Å². The Hall–Kier alpha value is -1.32. The van der Waals surface area contributed by atoms with Gasteiger partial charge in [-0.15, -0.1) is 0 Å². The lowest BCUT2D eigenvalue weighted by Crippen LogP contribution is -2.44. The van der Waals surface area contributed by atoms with Crippen molar-refractivity contribution in [1.82, 2.24) is 0 Å². The molecule has 3 rings (SSSR count). The molecule has 2 aromatic carbocycles. The Labute approximate surface area is 153 Å². The summed E-state index contributed by atoms with van der Waals surface area (Å²) in [7, 11) is -1.93. The molecule has 0 amide bonds. The zero-order valence-electron chi connectivity index (χ0n) is 16.3. The second-order valence-corrected chi connectivity index (χ2v) is 13.7. The van der Waals surface area contributed by atoms with Crippen LogP contribution in [0.25, 0.3) is 10.8 Å². The first-order valence-corrected chi connectivity index (χ1v) is 12.5. The zero-order valence-corrected chi connectivity index (χ0v) is 17.3. The number of benzene rings is 2. The molecule has 1 saturated carbocycles. The normalized spacial score (nSPS) is 22.2. The molecule has 0 heterocycles. The molecule has 2 atom stereocenters. The summed E-state index contributed by atoms with van der Waals surface area (Å²) >= 11 is 0. The minimum Gasteiger partial charge on any atom is -0.543 e. The quantitative estimate of drug-likeness (QED) is 0.659. The Bertz CT molecular complexity index is 745. The van der Waals surface area contributed by atoms with Gasteiger partial charge in [0.15, 0.2) is 0 Å². The van der Waals surface area contributed by atoms with Crippen molar-refractivity contribution in [2.75, 3.05) is 0 Å². The highest BCUT2D eigenvalue weighted by molar-refractivity contribution is 6.74. The maximum Gasteiger partial charge on any atom is 0.250 e. The molecule has 1 aliphatic rings. The average Bonchev–Trinajstić information content (AvgIpc) is 2.54. The molecule has 1 N–H and O–H groups in total. The van der Waals surface area contributed by atoms with Gasteiger partial charge in [0.1, 0.15) is 5.75 Å². The van der Waals surface area contributed by atoms with Crippen LogP contribution < -0.4 is 4.43 Å². The summed E-state index contributed by atoms with van der Waals surface area (Å²) in [6, 6.07) is 12.8. The van der Waals surface area contributed by atoms with E-state index in [1.807, 2.05) is 0 Å². The van der Waals surface area contributed by atoms with Gasteiger partial charge >= 0.3 is 0 Å². The molecular formula is C22H32O2Si. The van der Waals surface area contributed by atoms with Crippen LogP contribution in [0.3, 0.4) is 0 Å². The lowest BCUT2D eigenvalue weighted by atomic mass is 9.79. The third-order valence-corrected chi connectivity index (χ3v) is 10.5. The topological polar surface area (TPSA) is 29.5 Å². The van der Waals surface area contributed by atoms with Crippen LogP contribution in [-0.2, 0) is 0 Å². The molecule has 25 heavy (non-hydrogen) atoms. The molecule has 3 heteroatoms. The maximum atomic E-state index is 10.7. The van der Waals surface area contributed by atoms with Crippen LogP contribution in [0.1, 0.15) is 57.9 Å². The van der Waals surface area contributed by atoms with E-state index >= 15 is 0 Å². The third kappa shape index (κ3) is 3.63. The Morgan fingerprint density at radius 3 is 2.36 bits per heavy atom. The number of hydrogen-bond acceptors (Lipinski definition) is 2. The van der Waals surface area contributed by atoms with Crippen LogP contribution in [0.5, 0.6) is 5.75 Å². The standard InChI is InChI=1S/C22H32O2Si/c1-22(2,3)25(4,5)24-20-15-14-16-10-6-7-11-17(16)21(20)18-12-8-9-13-19(18)23/h6-7,10-11,14-15,18-19,23H,8-9,12-13H2,1-5H3/t18-,19+/m0/s1. The molecule has 1 fully saturated rings. The number of hydrogen-bond donors (Lipinski definition) is 1. The number of fused-ring (bicyclic) bond motifs is 1. The van der Waals surface area contributed by atoms with E-state index in [4.69, 9.17) is 4.43 Å². The molecule has 1 aliphatic carbocycles. The van der Waals surface area contributed by atoms with Crippen LogP contribution in [0.2, 0.25) is 18.1 Å². The van der Waals surface area contributed by atoms with Crippen molar-refractivity contribution in [2.24, 2.45) is 0 Å². The van der Waals surface area contributed by atoms with Crippen LogP contribution in [0.15, 0.2) is 36.4 Å². The van der Waals surface area contributed by atoms with Gasteiger partial charge in [-0.3, -0.25) is 0 Å². The second kappa shape index (κ2) is 6.77. The zero-order chi connectivity index (χ0) is 18.2. The predicted molar refractivity (Wildman–Crippen MR) is 109 cm³/mol. The number of aliphatic hydroxyl groups is 1. The number of aliphatic hydroxyl groups excluding tert-OH is 1. The third-order valence-electron chi connectivity index (χ3n) is 6.20. The largest absolute Gasteiger partial charge is 0.543 e. The summed E-state index contributed by atoms with van der Waals surface area (Å²) in [4.78, 5) is 0. The molecule has 0 bridgehead atoms. The van der Waals surface area contributed by atoms with E-state index < -0.39 is 8.32 Å². The van der Waals surface area contributed by atoms with Crippen molar-refractivity contribution in [3.63, 3.8) is 0 Å². The first-order valence-electron chi connectivity index (χ1n) is 9.59. The average molecular weight is 357 g/mol. The van der Waals surface area contributed by atoms with E-state index in [1.165, 1.54) is 22.8 Å². The van der Waals surface area contributed by atoms with Gasteiger partial charge in [-0.05, 0) is 47.8 Å². The molecule has 2 nitrogen and oxygen atoms in total.